The van der Waals surface area contributed by atoms with E-state index in [2.05, 4.69) is 15.9 Å². The number of halogens is 1. The SMILES string of the molecule is CC(C)(C(N)=O)c1cc(Br)ccc1C(N)=O. The van der Waals surface area contributed by atoms with Crippen LogP contribution in [0.3, 0.4) is 0 Å². The molecule has 0 bridgehead atoms. The number of hydrogen-bond donors (Lipinski definition) is 2. The van der Waals surface area contributed by atoms with Gasteiger partial charge >= 0.3 is 0 Å². The van der Waals surface area contributed by atoms with E-state index in [1.165, 1.54) is 0 Å². The molecule has 0 fully saturated rings. The maximum Gasteiger partial charge on any atom is 0.249 e. The van der Waals surface area contributed by atoms with Crippen LogP contribution in [0.4, 0.5) is 0 Å². The number of primary amides is 2. The third-order valence-electron chi connectivity index (χ3n) is 2.54. The minimum Gasteiger partial charge on any atom is -0.369 e. The zero-order valence-electron chi connectivity index (χ0n) is 9.08. The van der Waals surface area contributed by atoms with Crippen LogP contribution < -0.4 is 11.5 Å². The topological polar surface area (TPSA) is 86.2 Å². The van der Waals surface area contributed by atoms with Gasteiger partial charge in [0.25, 0.3) is 0 Å². The highest BCUT2D eigenvalue weighted by Gasteiger charge is 2.31. The second-order valence-corrected chi connectivity index (χ2v) is 4.96. The lowest BCUT2D eigenvalue weighted by Crippen LogP contribution is -2.37. The predicted octanol–water partition coefficient (Wildman–Crippen LogP) is 1.31. The van der Waals surface area contributed by atoms with E-state index in [1.54, 1.807) is 32.0 Å². The highest BCUT2D eigenvalue weighted by molar-refractivity contribution is 9.10. The number of benzene rings is 1. The summed E-state index contributed by atoms with van der Waals surface area (Å²) in [5.41, 5.74) is 10.5. The zero-order chi connectivity index (χ0) is 12.5. The van der Waals surface area contributed by atoms with Gasteiger partial charge < -0.3 is 11.5 Å². The number of carbonyl (C=O) groups excluding carboxylic acids is 2. The molecule has 0 saturated heterocycles. The molecule has 0 spiro atoms. The second kappa shape index (κ2) is 4.25. The molecule has 2 amide bonds. The Hall–Kier alpha value is -1.36. The van der Waals surface area contributed by atoms with Gasteiger partial charge in [-0.15, -0.1) is 0 Å². The Labute approximate surface area is 102 Å². The molecule has 0 heterocycles. The number of hydrogen-bond acceptors (Lipinski definition) is 2. The standard InChI is InChI=1S/C11H13BrN2O2/c1-11(2,10(14)16)8-5-6(12)3-4-7(8)9(13)15/h3-5H,1-2H3,(H2,13,15)(H2,14,16). The Bertz CT molecular complexity index is 455. The molecular formula is C11H13BrN2O2. The molecule has 0 aliphatic heterocycles. The number of rotatable bonds is 3. The molecule has 1 aromatic rings. The van der Waals surface area contributed by atoms with Gasteiger partial charge in [0.15, 0.2) is 0 Å². The van der Waals surface area contributed by atoms with Crippen LogP contribution in [0.25, 0.3) is 0 Å². The summed E-state index contributed by atoms with van der Waals surface area (Å²) in [7, 11) is 0. The Morgan fingerprint density at radius 1 is 1.25 bits per heavy atom. The third-order valence-corrected chi connectivity index (χ3v) is 3.03. The molecule has 0 aromatic heterocycles. The molecule has 1 rings (SSSR count). The maximum atomic E-state index is 11.4. The summed E-state index contributed by atoms with van der Waals surface area (Å²) in [5.74, 6) is -1.08. The van der Waals surface area contributed by atoms with Gasteiger partial charge in [0.1, 0.15) is 0 Å². The quantitative estimate of drug-likeness (QED) is 0.877. The molecule has 0 radical (unpaired) electrons. The summed E-state index contributed by atoms with van der Waals surface area (Å²) in [6.45, 7) is 3.31. The zero-order valence-corrected chi connectivity index (χ0v) is 10.7. The molecule has 4 nitrogen and oxygen atoms in total. The highest BCUT2D eigenvalue weighted by atomic mass is 79.9. The van der Waals surface area contributed by atoms with E-state index in [4.69, 9.17) is 11.5 Å². The van der Waals surface area contributed by atoms with Crippen LogP contribution in [-0.4, -0.2) is 11.8 Å². The van der Waals surface area contributed by atoms with Crippen LogP contribution >= 0.6 is 15.9 Å². The second-order valence-electron chi connectivity index (χ2n) is 4.04. The molecule has 0 unspecified atom stereocenters. The third kappa shape index (κ3) is 2.24. The van der Waals surface area contributed by atoms with Crippen molar-refractivity contribution >= 4 is 27.7 Å². The Morgan fingerprint density at radius 3 is 2.25 bits per heavy atom. The molecule has 5 heteroatoms. The molecule has 16 heavy (non-hydrogen) atoms. The van der Waals surface area contributed by atoms with Crippen molar-refractivity contribution in [1.82, 2.24) is 0 Å². The van der Waals surface area contributed by atoms with Crippen molar-refractivity contribution in [3.63, 3.8) is 0 Å². The summed E-state index contributed by atoms with van der Waals surface area (Å²) >= 11 is 3.28. The van der Waals surface area contributed by atoms with Crippen molar-refractivity contribution < 1.29 is 9.59 Å². The predicted molar refractivity (Wildman–Crippen MR) is 64.9 cm³/mol. The molecule has 0 atom stereocenters. The molecule has 0 saturated carbocycles. The summed E-state index contributed by atoms with van der Waals surface area (Å²) in [5, 5.41) is 0. The van der Waals surface area contributed by atoms with Gasteiger partial charge in [-0.25, -0.2) is 0 Å². The van der Waals surface area contributed by atoms with Gasteiger partial charge in [-0.1, -0.05) is 15.9 Å². The van der Waals surface area contributed by atoms with Crippen LogP contribution in [0.1, 0.15) is 29.8 Å². The minimum atomic E-state index is -0.936. The van der Waals surface area contributed by atoms with E-state index in [0.717, 1.165) is 4.47 Å². The van der Waals surface area contributed by atoms with E-state index in [-0.39, 0.29) is 0 Å². The van der Waals surface area contributed by atoms with E-state index in [9.17, 15) is 9.59 Å². The van der Waals surface area contributed by atoms with Crippen LogP contribution in [0.5, 0.6) is 0 Å². The Balaban J connectivity index is 3.47. The Kier molecular flexibility index (Phi) is 3.38. The first kappa shape index (κ1) is 12.7. The highest BCUT2D eigenvalue weighted by Crippen LogP contribution is 2.28. The van der Waals surface area contributed by atoms with E-state index < -0.39 is 17.2 Å². The summed E-state index contributed by atoms with van der Waals surface area (Å²) < 4.78 is 0.766. The fourth-order valence-corrected chi connectivity index (χ4v) is 1.74. The minimum absolute atomic E-state index is 0.312. The van der Waals surface area contributed by atoms with Gasteiger partial charge in [-0.3, -0.25) is 9.59 Å². The van der Waals surface area contributed by atoms with Crippen LogP contribution in [0.15, 0.2) is 22.7 Å². The lowest BCUT2D eigenvalue weighted by Gasteiger charge is -2.23. The van der Waals surface area contributed by atoms with Gasteiger partial charge in [0.05, 0.1) is 5.41 Å². The Morgan fingerprint density at radius 2 is 1.81 bits per heavy atom. The number of carbonyl (C=O) groups is 2. The fraction of sp³-hybridized carbons (Fsp3) is 0.273. The fourth-order valence-electron chi connectivity index (χ4n) is 1.38. The van der Waals surface area contributed by atoms with E-state index in [1.807, 2.05) is 0 Å². The van der Waals surface area contributed by atoms with Crippen molar-refractivity contribution in [1.29, 1.82) is 0 Å². The molecule has 0 aliphatic rings. The van der Waals surface area contributed by atoms with Gasteiger partial charge in [0, 0.05) is 10.0 Å². The number of amides is 2. The van der Waals surface area contributed by atoms with Crippen LogP contribution in [-0.2, 0) is 10.2 Å². The van der Waals surface area contributed by atoms with Crippen molar-refractivity contribution in [2.45, 2.75) is 19.3 Å². The lowest BCUT2D eigenvalue weighted by atomic mass is 9.81. The van der Waals surface area contributed by atoms with Crippen LogP contribution in [0, 0.1) is 0 Å². The van der Waals surface area contributed by atoms with Crippen LogP contribution in [0.2, 0.25) is 0 Å². The summed E-state index contributed by atoms with van der Waals surface area (Å²) in [6, 6.07) is 4.96. The normalized spacial score (nSPS) is 11.2. The molecular weight excluding hydrogens is 272 g/mol. The first-order chi connectivity index (χ1) is 7.26. The maximum absolute atomic E-state index is 11.4. The van der Waals surface area contributed by atoms with Crippen molar-refractivity contribution in [3.8, 4) is 0 Å². The molecule has 1 aromatic carbocycles. The molecule has 0 aliphatic carbocycles. The first-order valence-electron chi connectivity index (χ1n) is 4.66. The van der Waals surface area contributed by atoms with Crippen molar-refractivity contribution in [2.75, 3.05) is 0 Å². The molecule has 4 N–H and O–H groups in total. The van der Waals surface area contributed by atoms with Crippen molar-refractivity contribution in [2.24, 2.45) is 11.5 Å². The largest absolute Gasteiger partial charge is 0.369 e. The smallest absolute Gasteiger partial charge is 0.249 e. The molecule has 86 valence electrons. The average Bonchev–Trinajstić information content (AvgIpc) is 2.16. The van der Waals surface area contributed by atoms with Gasteiger partial charge in [-0.2, -0.15) is 0 Å². The van der Waals surface area contributed by atoms with Crippen molar-refractivity contribution in [3.05, 3.63) is 33.8 Å². The van der Waals surface area contributed by atoms with Gasteiger partial charge in [0.2, 0.25) is 11.8 Å². The monoisotopic (exact) mass is 284 g/mol. The summed E-state index contributed by atoms with van der Waals surface area (Å²) in [6.07, 6.45) is 0. The lowest BCUT2D eigenvalue weighted by molar-refractivity contribution is -0.122. The summed E-state index contributed by atoms with van der Waals surface area (Å²) in [4.78, 5) is 22.6. The van der Waals surface area contributed by atoms with Gasteiger partial charge in [-0.05, 0) is 37.6 Å². The average molecular weight is 285 g/mol. The van der Waals surface area contributed by atoms with E-state index in [0.29, 0.717) is 11.1 Å². The van der Waals surface area contributed by atoms with E-state index >= 15 is 0 Å². The number of nitrogens with two attached hydrogens (primary N) is 2. The first-order valence-corrected chi connectivity index (χ1v) is 5.46.